The van der Waals surface area contributed by atoms with Crippen molar-refractivity contribution in [2.24, 2.45) is 0 Å². The van der Waals surface area contributed by atoms with Gasteiger partial charge in [0, 0.05) is 0 Å². The Morgan fingerprint density at radius 3 is 1.77 bits per heavy atom. The fourth-order valence-electron chi connectivity index (χ4n) is 1.69. The number of amides is 2. The molecule has 0 bridgehead atoms. The number of carbonyl (C=O) groups excluding carboxylic acids is 4. The average molecular weight is 307 g/mol. The Kier molecular flexibility index (Phi) is 6.25. The molecule has 2 amide bonds. The van der Waals surface area contributed by atoms with E-state index in [1.165, 1.54) is 19.9 Å². The Labute approximate surface area is 127 Å². The maximum absolute atomic E-state index is 12.2. The summed E-state index contributed by atoms with van der Waals surface area (Å²) in [6.45, 7) is 4.63. The van der Waals surface area contributed by atoms with Crippen molar-refractivity contribution in [2.45, 2.75) is 20.8 Å². The lowest BCUT2D eigenvalue weighted by molar-refractivity contribution is -0.157. The second-order valence-corrected chi connectivity index (χ2v) is 4.17. The molecule has 0 atom stereocenters. The predicted octanol–water partition coefficient (Wildman–Crippen LogP) is 0.981. The van der Waals surface area contributed by atoms with Crippen molar-refractivity contribution in [2.75, 3.05) is 18.1 Å². The number of hydrogen-bond donors (Lipinski definition) is 0. The molecule has 0 spiro atoms. The first-order chi connectivity index (χ1) is 10.4. The molecule has 0 saturated carbocycles. The van der Waals surface area contributed by atoms with Gasteiger partial charge in [0.1, 0.15) is 0 Å². The molecule has 0 unspecified atom stereocenters. The molecule has 7 nitrogen and oxygen atoms in total. The largest absolute Gasteiger partial charge is 0.459 e. The summed E-state index contributed by atoms with van der Waals surface area (Å²) < 4.78 is 9.20. The fraction of sp³-hybridized carbons (Fsp3) is 0.333. The molecule has 0 aliphatic carbocycles. The third-order valence-electron chi connectivity index (χ3n) is 2.66. The summed E-state index contributed by atoms with van der Waals surface area (Å²) in [6, 6.07) is 6.36. The number of hydrogen-bond acceptors (Lipinski definition) is 6. The van der Waals surface area contributed by atoms with Crippen molar-refractivity contribution in [1.29, 1.82) is 0 Å². The summed E-state index contributed by atoms with van der Waals surface area (Å²) in [6.07, 6.45) is 0. The van der Waals surface area contributed by atoms with Crippen LogP contribution in [0.25, 0.3) is 0 Å². The van der Waals surface area contributed by atoms with Crippen LogP contribution >= 0.6 is 0 Å². The minimum atomic E-state index is -1.24. The van der Waals surface area contributed by atoms with Crippen LogP contribution in [0.1, 0.15) is 19.4 Å². The quantitative estimate of drug-likeness (QED) is 0.611. The number of para-hydroxylation sites is 1. The second kappa shape index (κ2) is 7.92. The molecule has 0 fully saturated rings. The number of benzene rings is 1. The molecule has 0 aromatic heterocycles. The van der Waals surface area contributed by atoms with Gasteiger partial charge in [-0.3, -0.25) is 9.59 Å². The molecule has 0 aliphatic rings. The minimum absolute atomic E-state index is 0.0280. The van der Waals surface area contributed by atoms with Crippen LogP contribution in [0.5, 0.6) is 0 Å². The number of imide groups is 1. The lowest BCUT2D eigenvalue weighted by Gasteiger charge is -2.20. The first kappa shape index (κ1) is 17.4. The monoisotopic (exact) mass is 307 g/mol. The van der Waals surface area contributed by atoms with Crippen LogP contribution in [0.4, 0.5) is 5.69 Å². The van der Waals surface area contributed by atoms with Gasteiger partial charge in [-0.2, -0.15) is 0 Å². The van der Waals surface area contributed by atoms with Crippen LogP contribution in [0.2, 0.25) is 0 Å². The van der Waals surface area contributed by atoms with Crippen LogP contribution in [0.15, 0.2) is 24.3 Å². The fourth-order valence-corrected chi connectivity index (χ4v) is 1.69. The molecule has 7 heteroatoms. The molecule has 1 aromatic rings. The van der Waals surface area contributed by atoms with Gasteiger partial charge >= 0.3 is 23.8 Å². The van der Waals surface area contributed by atoms with E-state index in [4.69, 9.17) is 0 Å². The Balaban J connectivity index is 3.24. The van der Waals surface area contributed by atoms with Crippen LogP contribution in [0, 0.1) is 6.92 Å². The third kappa shape index (κ3) is 3.91. The Hall–Kier alpha value is -2.70. The number of aryl methyl sites for hydroxylation is 1. The zero-order valence-electron chi connectivity index (χ0n) is 12.6. The highest BCUT2D eigenvalue weighted by Crippen LogP contribution is 2.20. The molecular weight excluding hydrogens is 290 g/mol. The summed E-state index contributed by atoms with van der Waals surface area (Å²) >= 11 is 0. The van der Waals surface area contributed by atoms with Crippen LogP contribution in [0.3, 0.4) is 0 Å². The van der Waals surface area contributed by atoms with Gasteiger partial charge in [-0.15, -0.1) is 0 Å². The Morgan fingerprint density at radius 2 is 1.36 bits per heavy atom. The van der Waals surface area contributed by atoms with Crippen molar-refractivity contribution in [3.63, 3.8) is 0 Å². The Morgan fingerprint density at radius 1 is 0.909 bits per heavy atom. The lowest BCUT2D eigenvalue weighted by Crippen LogP contribution is -2.46. The van der Waals surface area contributed by atoms with Gasteiger partial charge in [-0.05, 0) is 32.4 Å². The zero-order valence-corrected chi connectivity index (χ0v) is 12.6. The molecule has 0 saturated heterocycles. The molecule has 22 heavy (non-hydrogen) atoms. The van der Waals surface area contributed by atoms with E-state index in [-0.39, 0.29) is 18.9 Å². The normalized spacial score (nSPS) is 9.77. The molecular formula is C15H17NO6. The molecule has 0 aliphatic heterocycles. The predicted molar refractivity (Wildman–Crippen MR) is 76.9 cm³/mol. The van der Waals surface area contributed by atoms with Crippen molar-refractivity contribution in [3.8, 4) is 0 Å². The summed E-state index contributed by atoms with van der Waals surface area (Å²) in [5.41, 5.74) is 0.663. The third-order valence-corrected chi connectivity index (χ3v) is 2.66. The average Bonchev–Trinajstić information content (AvgIpc) is 2.49. The van der Waals surface area contributed by atoms with Gasteiger partial charge in [0.15, 0.2) is 0 Å². The highest BCUT2D eigenvalue weighted by Gasteiger charge is 2.35. The summed E-state index contributed by atoms with van der Waals surface area (Å²) in [7, 11) is 0. The SMILES string of the molecule is CCOC(=O)C(=O)N(C(=O)C(=O)OCC)c1ccccc1C. The summed E-state index contributed by atoms with van der Waals surface area (Å²) in [5, 5.41) is 0. The van der Waals surface area contributed by atoms with Crippen molar-refractivity contribution < 1.29 is 28.7 Å². The summed E-state index contributed by atoms with van der Waals surface area (Å²) in [5.74, 6) is -4.92. The van der Waals surface area contributed by atoms with Gasteiger partial charge in [-0.25, -0.2) is 14.5 Å². The highest BCUT2D eigenvalue weighted by molar-refractivity contribution is 6.52. The number of esters is 2. The van der Waals surface area contributed by atoms with Gasteiger partial charge in [-0.1, -0.05) is 18.2 Å². The van der Waals surface area contributed by atoms with E-state index in [0.29, 0.717) is 10.5 Å². The first-order valence-corrected chi connectivity index (χ1v) is 6.71. The molecule has 1 rings (SSSR count). The van der Waals surface area contributed by atoms with Gasteiger partial charge in [0.05, 0.1) is 18.9 Å². The number of rotatable bonds is 3. The van der Waals surface area contributed by atoms with E-state index < -0.39 is 23.8 Å². The van der Waals surface area contributed by atoms with Crippen LogP contribution in [-0.4, -0.2) is 37.0 Å². The number of ether oxygens (including phenoxy) is 2. The maximum atomic E-state index is 12.2. The lowest BCUT2D eigenvalue weighted by atomic mass is 10.1. The maximum Gasteiger partial charge on any atom is 0.397 e. The molecule has 0 radical (unpaired) electrons. The van der Waals surface area contributed by atoms with E-state index >= 15 is 0 Å². The molecule has 0 N–H and O–H groups in total. The molecule has 118 valence electrons. The van der Waals surface area contributed by atoms with Crippen molar-refractivity contribution in [1.82, 2.24) is 0 Å². The van der Waals surface area contributed by atoms with E-state index in [9.17, 15) is 19.2 Å². The van der Waals surface area contributed by atoms with Crippen LogP contribution < -0.4 is 4.90 Å². The number of anilines is 1. The first-order valence-electron chi connectivity index (χ1n) is 6.71. The second-order valence-electron chi connectivity index (χ2n) is 4.17. The van der Waals surface area contributed by atoms with Gasteiger partial charge < -0.3 is 9.47 Å². The summed E-state index contributed by atoms with van der Waals surface area (Å²) in [4.78, 5) is 48.1. The van der Waals surface area contributed by atoms with E-state index in [1.807, 2.05) is 0 Å². The standard InChI is InChI=1S/C15H17NO6/c1-4-21-14(19)12(17)16(13(18)15(20)22-5-2)11-9-7-6-8-10(11)3/h6-9H,4-5H2,1-3H3. The topological polar surface area (TPSA) is 90.0 Å². The number of carbonyl (C=O) groups is 4. The zero-order chi connectivity index (χ0) is 16.7. The molecule has 0 heterocycles. The molecule has 1 aromatic carbocycles. The van der Waals surface area contributed by atoms with Crippen LogP contribution in [-0.2, 0) is 28.7 Å². The van der Waals surface area contributed by atoms with E-state index in [1.54, 1.807) is 25.1 Å². The smallest absolute Gasteiger partial charge is 0.397 e. The van der Waals surface area contributed by atoms with E-state index in [2.05, 4.69) is 9.47 Å². The minimum Gasteiger partial charge on any atom is -0.459 e. The number of nitrogens with zero attached hydrogens (tertiary/aromatic N) is 1. The van der Waals surface area contributed by atoms with Gasteiger partial charge in [0.2, 0.25) is 0 Å². The Bertz CT molecular complexity index is 565. The van der Waals surface area contributed by atoms with Crippen molar-refractivity contribution >= 4 is 29.4 Å². The van der Waals surface area contributed by atoms with E-state index in [0.717, 1.165) is 0 Å². The highest BCUT2D eigenvalue weighted by atomic mass is 16.5. The van der Waals surface area contributed by atoms with Gasteiger partial charge in [0.25, 0.3) is 0 Å². The van der Waals surface area contributed by atoms with Crippen molar-refractivity contribution in [3.05, 3.63) is 29.8 Å².